The molecule has 1 aliphatic heterocycles. The van der Waals surface area contributed by atoms with Crippen LogP contribution in [0.4, 0.5) is 0 Å². The third-order valence-electron chi connectivity index (χ3n) is 2.82. The first kappa shape index (κ1) is 11.4. The van der Waals surface area contributed by atoms with E-state index < -0.39 is 0 Å². The van der Waals surface area contributed by atoms with Gasteiger partial charge in [0.25, 0.3) is 5.88 Å². The molecule has 7 heteroatoms. The van der Waals surface area contributed by atoms with Gasteiger partial charge in [0.15, 0.2) is 0 Å². The number of aromatic nitrogens is 4. The van der Waals surface area contributed by atoms with Crippen LogP contribution in [0, 0.1) is 0 Å². The molecule has 0 spiro atoms. The van der Waals surface area contributed by atoms with Crippen LogP contribution in [-0.2, 0) is 4.74 Å². The van der Waals surface area contributed by atoms with Gasteiger partial charge in [0.2, 0.25) is 5.65 Å². The predicted molar refractivity (Wildman–Crippen MR) is 63.5 cm³/mol. The molecule has 0 aromatic carbocycles. The van der Waals surface area contributed by atoms with Crippen molar-refractivity contribution in [3.05, 3.63) is 18.7 Å². The molecule has 2 aromatic rings. The molecule has 0 bridgehead atoms. The highest BCUT2D eigenvalue weighted by atomic mass is 16.5. The molecule has 2 atom stereocenters. The van der Waals surface area contributed by atoms with Gasteiger partial charge < -0.3 is 14.8 Å². The summed E-state index contributed by atoms with van der Waals surface area (Å²) in [5, 5.41) is 11.1. The number of hydrogen-bond acceptors (Lipinski definition) is 6. The fraction of sp³-hybridized carbons (Fsp3) is 0.545. The molecule has 1 aliphatic rings. The van der Waals surface area contributed by atoms with Crippen LogP contribution in [0.1, 0.15) is 6.92 Å². The van der Waals surface area contributed by atoms with Crippen LogP contribution in [0.2, 0.25) is 0 Å². The third kappa shape index (κ3) is 2.27. The molecule has 0 aliphatic carbocycles. The summed E-state index contributed by atoms with van der Waals surface area (Å²) in [4.78, 5) is 4.16. The van der Waals surface area contributed by atoms with Crippen LogP contribution in [0.5, 0.6) is 5.88 Å². The van der Waals surface area contributed by atoms with E-state index >= 15 is 0 Å². The second kappa shape index (κ2) is 4.87. The van der Waals surface area contributed by atoms with Crippen LogP contribution >= 0.6 is 0 Å². The molecule has 3 heterocycles. The maximum Gasteiger partial charge on any atom is 0.260 e. The molecule has 0 saturated carbocycles. The molecule has 1 N–H and O–H groups in total. The molecule has 18 heavy (non-hydrogen) atoms. The first-order valence-electron chi connectivity index (χ1n) is 5.96. The normalized spacial score (nSPS) is 24.3. The number of hydrogen-bond donors (Lipinski definition) is 1. The zero-order valence-electron chi connectivity index (χ0n) is 10.1. The number of fused-ring (bicyclic) bond motifs is 1. The van der Waals surface area contributed by atoms with E-state index in [0.29, 0.717) is 18.1 Å². The zero-order valence-corrected chi connectivity index (χ0v) is 10.1. The van der Waals surface area contributed by atoms with E-state index in [9.17, 15) is 0 Å². The van der Waals surface area contributed by atoms with Crippen molar-refractivity contribution in [1.29, 1.82) is 0 Å². The molecule has 3 rings (SSSR count). The summed E-state index contributed by atoms with van der Waals surface area (Å²) in [5.74, 6) is 0.483. The topological polar surface area (TPSA) is 73.6 Å². The number of rotatable bonds is 3. The Hall–Kier alpha value is -1.73. The summed E-state index contributed by atoms with van der Waals surface area (Å²) in [6, 6.07) is 0. The lowest BCUT2D eigenvalue weighted by Crippen LogP contribution is -2.45. The Morgan fingerprint density at radius 3 is 3.39 bits per heavy atom. The van der Waals surface area contributed by atoms with Gasteiger partial charge in [-0.15, -0.1) is 10.2 Å². The smallest absolute Gasteiger partial charge is 0.260 e. The second-order valence-corrected chi connectivity index (χ2v) is 4.33. The molecule has 0 radical (unpaired) electrons. The highest BCUT2D eigenvalue weighted by molar-refractivity contribution is 5.47. The van der Waals surface area contributed by atoms with Crippen molar-refractivity contribution in [2.24, 2.45) is 0 Å². The number of nitrogens with zero attached hydrogens (tertiary/aromatic N) is 4. The van der Waals surface area contributed by atoms with Gasteiger partial charge in [-0.3, -0.25) is 4.40 Å². The van der Waals surface area contributed by atoms with E-state index in [4.69, 9.17) is 9.47 Å². The molecule has 1 saturated heterocycles. The molecule has 0 amide bonds. The monoisotopic (exact) mass is 249 g/mol. The maximum atomic E-state index is 5.74. The van der Waals surface area contributed by atoms with Gasteiger partial charge in [0.1, 0.15) is 19.0 Å². The van der Waals surface area contributed by atoms with E-state index in [-0.39, 0.29) is 12.2 Å². The van der Waals surface area contributed by atoms with E-state index in [1.165, 1.54) is 0 Å². The van der Waals surface area contributed by atoms with Gasteiger partial charge in [-0.1, -0.05) is 0 Å². The van der Waals surface area contributed by atoms with Crippen LogP contribution in [-0.4, -0.2) is 51.5 Å². The summed E-state index contributed by atoms with van der Waals surface area (Å²) in [6.07, 6.45) is 5.31. The van der Waals surface area contributed by atoms with Crippen LogP contribution in [0.15, 0.2) is 18.7 Å². The molecule has 2 unspecified atom stereocenters. The van der Waals surface area contributed by atoms with E-state index in [2.05, 4.69) is 20.5 Å². The van der Waals surface area contributed by atoms with Gasteiger partial charge in [0, 0.05) is 25.5 Å². The molecule has 1 fully saturated rings. The third-order valence-corrected chi connectivity index (χ3v) is 2.82. The Balaban J connectivity index is 1.67. The Bertz CT molecular complexity index is 529. The van der Waals surface area contributed by atoms with Crippen molar-refractivity contribution in [3.63, 3.8) is 0 Å². The minimum atomic E-state index is 0.0405. The molecule has 7 nitrogen and oxygen atoms in total. The van der Waals surface area contributed by atoms with E-state index in [1.807, 2.05) is 6.92 Å². The van der Waals surface area contributed by atoms with E-state index in [1.54, 1.807) is 23.1 Å². The summed E-state index contributed by atoms with van der Waals surface area (Å²) in [7, 11) is 0. The molecule has 2 aromatic heterocycles. The van der Waals surface area contributed by atoms with Crippen molar-refractivity contribution in [3.8, 4) is 5.88 Å². The minimum absolute atomic E-state index is 0.0405. The molecular formula is C11H15N5O2. The van der Waals surface area contributed by atoms with Gasteiger partial charge >= 0.3 is 0 Å². The maximum absolute atomic E-state index is 5.74. The predicted octanol–water partition coefficient (Wildman–Crippen LogP) is -0.120. The lowest BCUT2D eigenvalue weighted by Gasteiger charge is -2.28. The summed E-state index contributed by atoms with van der Waals surface area (Å²) < 4.78 is 13.2. The van der Waals surface area contributed by atoms with Gasteiger partial charge in [0.05, 0.1) is 6.10 Å². The number of nitrogens with one attached hydrogen (secondary N) is 1. The number of ether oxygens (including phenoxy) is 2. The van der Waals surface area contributed by atoms with Crippen LogP contribution in [0.3, 0.4) is 0 Å². The quantitative estimate of drug-likeness (QED) is 0.817. The first-order valence-corrected chi connectivity index (χ1v) is 5.96. The fourth-order valence-electron chi connectivity index (χ4n) is 1.98. The summed E-state index contributed by atoms with van der Waals surface area (Å²) in [5.41, 5.74) is 0.620. The Kier molecular flexibility index (Phi) is 3.07. The first-order chi connectivity index (χ1) is 8.83. The summed E-state index contributed by atoms with van der Waals surface area (Å²) in [6.45, 7) is 4.17. The van der Waals surface area contributed by atoms with Crippen LogP contribution in [0.25, 0.3) is 5.65 Å². The number of morpholine rings is 1. The Morgan fingerprint density at radius 1 is 1.56 bits per heavy atom. The Morgan fingerprint density at radius 2 is 2.50 bits per heavy atom. The van der Waals surface area contributed by atoms with Crippen molar-refractivity contribution < 1.29 is 9.47 Å². The highest BCUT2D eigenvalue weighted by Crippen LogP contribution is 2.13. The Labute approximate surface area is 104 Å². The molecular weight excluding hydrogens is 234 g/mol. The summed E-state index contributed by atoms with van der Waals surface area (Å²) >= 11 is 0. The standard InChI is InChI=1S/C11H15N5O2/c1-8-4-12-5-9(18-8)6-17-11-10-15-14-7-16(10)3-2-13-11/h2-3,7-9,12H,4-6H2,1H3. The average molecular weight is 249 g/mol. The lowest BCUT2D eigenvalue weighted by molar-refractivity contribution is -0.0474. The fourth-order valence-corrected chi connectivity index (χ4v) is 1.98. The van der Waals surface area contributed by atoms with Crippen molar-refractivity contribution in [2.75, 3.05) is 19.7 Å². The van der Waals surface area contributed by atoms with Gasteiger partial charge in [-0.2, -0.15) is 0 Å². The second-order valence-electron chi connectivity index (χ2n) is 4.33. The lowest BCUT2D eigenvalue weighted by atomic mass is 10.2. The van der Waals surface area contributed by atoms with E-state index in [0.717, 1.165) is 13.1 Å². The minimum Gasteiger partial charge on any atom is -0.472 e. The van der Waals surface area contributed by atoms with Crippen molar-refractivity contribution >= 4 is 5.65 Å². The largest absolute Gasteiger partial charge is 0.472 e. The van der Waals surface area contributed by atoms with Crippen molar-refractivity contribution in [2.45, 2.75) is 19.1 Å². The van der Waals surface area contributed by atoms with Crippen molar-refractivity contribution in [1.82, 2.24) is 24.9 Å². The van der Waals surface area contributed by atoms with Gasteiger partial charge in [-0.05, 0) is 6.92 Å². The molecule has 96 valence electrons. The van der Waals surface area contributed by atoms with Crippen LogP contribution < -0.4 is 10.1 Å². The average Bonchev–Trinajstić information content (AvgIpc) is 2.85. The van der Waals surface area contributed by atoms with Gasteiger partial charge in [-0.25, -0.2) is 4.98 Å². The highest BCUT2D eigenvalue weighted by Gasteiger charge is 2.20. The SMILES string of the molecule is CC1CNCC(COc2nccn3cnnc23)O1. The zero-order chi connectivity index (χ0) is 12.4.